The van der Waals surface area contributed by atoms with Gasteiger partial charge in [0.25, 0.3) is 5.69 Å². The van der Waals surface area contributed by atoms with E-state index in [0.29, 0.717) is 6.07 Å². The van der Waals surface area contributed by atoms with Gasteiger partial charge in [0, 0.05) is 12.1 Å². The summed E-state index contributed by atoms with van der Waals surface area (Å²) in [5, 5.41) is 10.6. The maximum Gasteiger partial charge on any atom is 0.339 e. The van der Waals surface area contributed by atoms with E-state index in [1.54, 1.807) is 0 Å². The molecule has 25 heavy (non-hydrogen) atoms. The summed E-state index contributed by atoms with van der Waals surface area (Å²) in [5.74, 6) is -14.2. The molecule has 0 saturated heterocycles. The number of halogens is 5. The van der Waals surface area contributed by atoms with Gasteiger partial charge < -0.3 is 4.18 Å². The van der Waals surface area contributed by atoms with E-state index in [2.05, 4.69) is 4.18 Å². The van der Waals surface area contributed by atoms with Gasteiger partial charge in [-0.25, -0.2) is 13.2 Å². The first kappa shape index (κ1) is 18.6. The second-order valence-electron chi connectivity index (χ2n) is 4.64. The average Bonchev–Trinajstić information content (AvgIpc) is 2.54. The van der Waals surface area contributed by atoms with Crippen molar-refractivity contribution >= 4 is 15.8 Å². The maximum atomic E-state index is 13.5. The van der Waals surface area contributed by atoms with Gasteiger partial charge >= 0.3 is 10.1 Å². The molecule has 2 rings (SSSR count). The lowest BCUT2D eigenvalue weighted by Crippen LogP contribution is -2.15. The third-order valence-electron chi connectivity index (χ3n) is 3.00. The molecule has 0 unspecified atom stereocenters. The zero-order chi connectivity index (χ0) is 19.1. The summed E-state index contributed by atoms with van der Waals surface area (Å²) in [5.41, 5.74) is -0.717. The largest absolute Gasteiger partial charge is 0.372 e. The molecule has 0 aliphatic heterocycles. The Bertz CT molecular complexity index is 964. The number of benzene rings is 2. The van der Waals surface area contributed by atoms with Crippen LogP contribution in [-0.2, 0) is 10.1 Å². The van der Waals surface area contributed by atoms with E-state index in [1.807, 2.05) is 0 Å². The molecule has 0 aliphatic carbocycles. The fraction of sp³-hybridized carbons (Fsp3) is 0.0769. The maximum absolute atomic E-state index is 13.5. The SMILES string of the molecule is Cc1cc([N+](=O)[O-])ccc1S(=O)(=O)Oc1c(F)c(F)c(F)c(F)c1F. The van der Waals surface area contributed by atoms with Crippen LogP contribution in [0.1, 0.15) is 5.56 Å². The van der Waals surface area contributed by atoms with Gasteiger partial charge in [0.15, 0.2) is 0 Å². The van der Waals surface area contributed by atoms with Gasteiger partial charge in [-0.05, 0) is 18.6 Å². The quantitative estimate of drug-likeness (QED) is 0.202. The van der Waals surface area contributed by atoms with E-state index < -0.39 is 60.5 Å². The second kappa shape index (κ2) is 6.27. The number of rotatable bonds is 4. The second-order valence-corrected chi connectivity index (χ2v) is 6.16. The Morgan fingerprint density at radius 3 is 1.88 bits per heavy atom. The number of nitro benzene ring substituents is 1. The molecule has 0 aromatic heterocycles. The molecule has 0 aliphatic rings. The van der Waals surface area contributed by atoms with E-state index >= 15 is 0 Å². The number of hydrogen-bond acceptors (Lipinski definition) is 5. The Kier molecular flexibility index (Phi) is 4.66. The molecular weight excluding hydrogens is 377 g/mol. The van der Waals surface area contributed by atoms with Crippen molar-refractivity contribution in [3.05, 3.63) is 63.0 Å². The van der Waals surface area contributed by atoms with E-state index in [1.165, 1.54) is 0 Å². The highest BCUT2D eigenvalue weighted by atomic mass is 32.2. The van der Waals surface area contributed by atoms with Gasteiger partial charge in [0.1, 0.15) is 4.90 Å². The summed E-state index contributed by atoms with van der Waals surface area (Å²) in [6.45, 7) is 1.11. The topological polar surface area (TPSA) is 86.5 Å². The molecule has 0 amide bonds. The minimum absolute atomic E-state index is 0.238. The Morgan fingerprint density at radius 2 is 1.44 bits per heavy atom. The van der Waals surface area contributed by atoms with Crippen LogP contribution in [0.3, 0.4) is 0 Å². The Labute approximate surface area is 136 Å². The first-order valence-electron chi connectivity index (χ1n) is 6.18. The molecule has 6 nitrogen and oxygen atoms in total. The van der Waals surface area contributed by atoms with Gasteiger partial charge in [-0.2, -0.15) is 17.2 Å². The van der Waals surface area contributed by atoms with Crippen LogP contribution in [0, 0.1) is 46.1 Å². The minimum atomic E-state index is -5.04. The number of non-ortho nitro benzene ring substituents is 1. The Hall–Kier alpha value is -2.76. The molecule has 134 valence electrons. The molecule has 0 N–H and O–H groups in total. The smallest absolute Gasteiger partial charge is 0.339 e. The third kappa shape index (κ3) is 3.24. The third-order valence-corrected chi connectivity index (χ3v) is 4.38. The normalized spacial score (nSPS) is 11.4. The highest BCUT2D eigenvalue weighted by Crippen LogP contribution is 2.32. The van der Waals surface area contributed by atoms with Crippen LogP contribution in [0.2, 0.25) is 0 Å². The monoisotopic (exact) mass is 383 g/mol. The van der Waals surface area contributed by atoms with Crippen molar-refractivity contribution in [2.45, 2.75) is 11.8 Å². The van der Waals surface area contributed by atoms with E-state index in [9.17, 15) is 40.5 Å². The summed E-state index contributed by atoms with van der Waals surface area (Å²) < 4.78 is 94.3. The van der Waals surface area contributed by atoms with Gasteiger partial charge in [0.05, 0.1) is 4.92 Å². The fourth-order valence-electron chi connectivity index (χ4n) is 1.84. The van der Waals surface area contributed by atoms with Crippen molar-refractivity contribution < 1.29 is 39.5 Å². The van der Waals surface area contributed by atoms with E-state index in [-0.39, 0.29) is 5.56 Å². The molecule has 2 aromatic carbocycles. The summed E-state index contributed by atoms with van der Waals surface area (Å²) in [6, 6.07) is 2.30. The van der Waals surface area contributed by atoms with Crippen LogP contribution in [-0.4, -0.2) is 13.3 Å². The van der Waals surface area contributed by atoms with Crippen LogP contribution < -0.4 is 4.18 Å². The van der Waals surface area contributed by atoms with Crippen LogP contribution in [0.4, 0.5) is 27.6 Å². The van der Waals surface area contributed by atoms with Crippen molar-refractivity contribution in [1.82, 2.24) is 0 Å². The predicted octanol–water partition coefficient (Wildman–Crippen LogP) is 3.37. The van der Waals surface area contributed by atoms with Gasteiger partial charge in [0.2, 0.25) is 34.8 Å². The summed E-state index contributed by atoms with van der Waals surface area (Å²) in [4.78, 5) is 9.03. The molecule has 0 radical (unpaired) electrons. The summed E-state index contributed by atoms with van der Waals surface area (Å²) >= 11 is 0. The van der Waals surface area contributed by atoms with Crippen molar-refractivity contribution in [1.29, 1.82) is 0 Å². The number of aryl methyl sites for hydroxylation is 1. The first-order valence-corrected chi connectivity index (χ1v) is 7.59. The Morgan fingerprint density at radius 1 is 0.960 bits per heavy atom. The van der Waals surface area contributed by atoms with Gasteiger partial charge in [-0.1, -0.05) is 0 Å². The van der Waals surface area contributed by atoms with Crippen molar-refractivity contribution in [2.75, 3.05) is 0 Å². The molecule has 0 fully saturated rings. The number of nitro groups is 1. The zero-order valence-corrected chi connectivity index (χ0v) is 12.8. The van der Waals surface area contributed by atoms with E-state index in [4.69, 9.17) is 0 Å². The lowest BCUT2D eigenvalue weighted by molar-refractivity contribution is -0.385. The molecule has 2 aromatic rings. The fourth-order valence-corrected chi connectivity index (χ4v) is 2.98. The van der Waals surface area contributed by atoms with Crippen LogP contribution in [0.15, 0.2) is 23.1 Å². The van der Waals surface area contributed by atoms with Gasteiger partial charge in [-0.3, -0.25) is 10.1 Å². The highest BCUT2D eigenvalue weighted by molar-refractivity contribution is 7.87. The molecule has 0 saturated carbocycles. The summed E-state index contributed by atoms with van der Waals surface area (Å²) in [6.07, 6.45) is 0. The molecular formula is C13H6F5NO5S. The standard InChI is InChI=1S/C13H6F5NO5S/c1-5-4-6(19(20)21)2-3-7(5)25(22,23)24-13-11(17)9(15)8(14)10(16)12(13)18/h2-4H,1H3. The van der Waals surface area contributed by atoms with Crippen molar-refractivity contribution in [2.24, 2.45) is 0 Å². The lowest BCUT2D eigenvalue weighted by atomic mass is 10.2. The molecule has 0 atom stereocenters. The van der Waals surface area contributed by atoms with Crippen LogP contribution in [0.5, 0.6) is 5.75 Å². The average molecular weight is 383 g/mol. The summed E-state index contributed by atoms with van der Waals surface area (Å²) in [7, 11) is -5.04. The van der Waals surface area contributed by atoms with Crippen molar-refractivity contribution in [3.63, 3.8) is 0 Å². The predicted molar refractivity (Wildman–Crippen MR) is 71.9 cm³/mol. The van der Waals surface area contributed by atoms with Crippen LogP contribution in [0.25, 0.3) is 0 Å². The van der Waals surface area contributed by atoms with Crippen LogP contribution >= 0.6 is 0 Å². The van der Waals surface area contributed by atoms with Crippen molar-refractivity contribution in [3.8, 4) is 5.75 Å². The number of hydrogen-bond donors (Lipinski definition) is 0. The lowest BCUT2D eigenvalue weighted by Gasteiger charge is -2.11. The van der Waals surface area contributed by atoms with Gasteiger partial charge in [-0.15, -0.1) is 0 Å². The number of nitrogens with zero attached hydrogens (tertiary/aromatic N) is 1. The molecule has 12 heteroatoms. The zero-order valence-electron chi connectivity index (χ0n) is 12.0. The molecule has 0 heterocycles. The first-order chi connectivity index (χ1) is 11.5. The highest BCUT2D eigenvalue weighted by Gasteiger charge is 2.31. The van der Waals surface area contributed by atoms with E-state index in [0.717, 1.165) is 19.1 Å². The minimum Gasteiger partial charge on any atom is -0.372 e. The molecule has 0 spiro atoms. The Balaban J connectivity index is 2.56. The molecule has 0 bridgehead atoms.